The number of rotatable bonds is 11. The number of likely N-dealkylation sites (tertiary alicyclic amines) is 1. The predicted molar refractivity (Wildman–Crippen MR) is 189 cm³/mol. The minimum atomic E-state index is -1.33. The van der Waals surface area contributed by atoms with Gasteiger partial charge in [0.05, 0.1) is 24.0 Å². The van der Waals surface area contributed by atoms with Gasteiger partial charge in [-0.2, -0.15) is 0 Å². The average Bonchev–Trinajstić information content (AvgIpc) is 3.40. The van der Waals surface area contributed by atoms with Crippen molar-refractivity contribution in [2.24, 2.45) is 11.8 Å². The van der Waals surface area contributed by atoms with E-state index in [1.807, 2.05) is 105 Å². The molecule has 3 aromatic carbocycles. The summed E-state index contributed by atoms with van der Waals surface area (Å²) in [6, 6.07) is 20.5. The molecule has 4 aliphatic rings. The third kappa shape index (κ3) is 5.53. The van der Waals surface area contributed by atoms with Crippen LogP contribution in [-0.2, 0) is 19.1 Å². The number of carbonyl (C=O) groups is 3. The predicted octanol–water partition coefficient (Wildman–Crippen LogP) is 5.66. The van der Waals surface area contributed by atoms with Gasteiger partial charge in [0.25, 0.3) is 5.91 Å². The molecule has 3 amide bonds. The molecule has 0 aromatic heterocycles. The number of carbonyl (C=O) groups excluding carboxylic acids is 3. The Morgan fingerprint density at radius 1 is 0.776 bits per heavy atom. The van der Waals surface area contributed by atoms with Crippen LogP contribution in [0.15, 0.2) is 91.0 Å². The van der Waals surface area contributed by atoms with Crippen molar-refractivity contribution in [1.29, 1.82) is 0 Å². The third-order valence-electron chi connectivity index (χ3n) is 10.8. The highest BCUT2D eigenvalue weighted by atomic mass is 16.5. The van der Waals surface area contributed by atoms with E-state index in [1.54, 1.807) is 14.7 Å². The summed E-state index contributed by atoms with van der Waals surface area (Å²) in [4.78, 5) is 49.8. The zero-order valence-electron chi connectivity index (χ0n) is 28.3. The van der Waals surface area contributed by atoms with E-state index in [1.165, 1.54) is 0 Å². The van der Waals surface area contributed by atoms with Crippen LogP contribution in [0.2, 0.25) is 0 Å². The van der Waals surface area contributed by atoms with Crippen LogP contribution in [0, 0.1) is 11.8 Å². The minimum Gasteiger partial charge on any atom is -0.494 e. The normalized spacial score (nSPS) is 27.7. The molecule has 3 aromatic rings. The fourth-order valence-corrected chi connectivity index (χ4v) is 8.44. The summed E-state index contributed by atoms with van der Waals surface area (Å²) < 4.78 is 12.8. The lowest BCUT2D eigenvalue weighted by Gasteiger charge is -2.38. The van der Waals surface area contributed by atoms with Crippen LogP contribution in [-0.4, -0.2) is 77.8 Å². The van der Waals surface area contributed by atoms with E-state index in [2.05, 4.69) is 0 Å². The van der Waals surface area contributed by atoms with Crippen molar-refractivity contribution in [2.75, 3.05) is 42.6 Å². The number of fused-ring (bicyclic) bond motifs is 3. The van der Waals surface area contributed by atoms with Crippen molar-refractivity contribution >= 4 is 39.9 Å². The van der Waals surface area contributed by atoms with E-state index >= 15 is 0 Å². The first-order chi connectivity index (χ1) is 23.9. The first-order valence-corrected chi connectivity index (χ1v) is 17.7. The Kier molecular flexibility index (Phi) is 9.07. The number of aliphatic hydroxyl groups is 1. The summed E-state index contributed by atoms with van der Waals surface area (Å²) in [5.41, 5.74) is -0.929. The maximum absolute atomic E-state index is 15.0. The molecule has 0 bridgehead atoms. The fraction of sp³-hybridized carbons (Fsp3) is 0.425. The van der Waals surface area contributed by atoms with Crippen LogP contribution in [0.25, 0.3) is 10.8 Å². The van der Waals surface area contributed by atoms with Crippen molar-refractivity contribution in [2.45, 2.75) is 63.2 Å². The highest BCUT2D eigenvalue weighted by molar-refractivity contribution is 6.08. The van der Waals surface area contributed by atoms with Crippen LogP contribution in [0.4, 0.5) is 11.4 Å². The molecule has 0 radical (unpaired) electrons. The Morgan fingerprint density at radius 2 is 1.47 bits per heavy atom. The van der Waals surface area contributed by atoms with Gasteiger partial charge in [-0.15, -0.1) is 0 Å². The molecule has 1 spiro atoms. The molecular weight excluding hydrogens is 618 g/mol. The van der Waals surface area contributed by atoms with E-state index in [4.69, 9.17) is 9.47 Å². The smallest absolute Gasteiger partial charge is 0.253 e. The van der Waals surface area contributed by atoms with Crippen LogP contribution in [0.1, 0.15) is 46.0 Å². The number of amides is 3. The van der Waals surface area contributed by atoms with Gasteiger partial charge in [0.2, 0.25) is 11.8 Å². The molecule has 4 aliphatic heterocycles. The molecule has 9 heteroatoms. The van der Waals surface area contributed by atoms with Crippen molar-refractivity contribution in [3.63, 3.8) is 0 Å². The second-order valence-electron chi connectivity index (χ2n) is 13.5. The maximum Gasteiger partial charge on any atom is 0.253 e. The van der Waals surface area contributed by atoms with E-state index in [0.717, 1.165) is 35.1 Å². The largest absolute Gasteiger partial charge is 0.494 e. The quantitative estimate of drug-likeness (QED) is 0.210. The molecule has 0 aliphatic carbocycles. The highest BCUT2D eigenvalue weighted by Crippen LogP contribution is 2.59. The van der Waals surface area contributed by atoms with E-state index < -0.39 is 29.1 Å². The number of unbranched alkanes of at least 4 members (excludes halogenated alkanes) is 3. The summed E-state index contributed by atoms with van der Waals surface area (Å²) in [6.45, 7) is 5.58. The van der Waals surface area contributed by atoms with E-state index in [0.29, 0.717) is 51.2 Å². The van der Waals surface area contributed by atoms with Gasteiger partial charge >= 0.3 is 0 Å². The third-order valence-corrected chi connectivity index (χ3v) is 10.8. The highest BCUT2D eigenvalue weighted by Gasteiger charge is 2.75. The van der Waals surface area contributed by atoms with Crippen LogP contribution in [0.3, 0.4) is 0 Å². The standard InChI is InChI=1S/C40H45N3O6/c1-3-39-21-11-24-41(30-17-19-32(20-18-30)48-4-2)36(45)33(39)34-37(46)43(23-9-5-6-10-26-44)35-38(47)42(25-12-22-40(34,35)49-39)31-16-15-28-13-7-8-14-29(28)27-31/h7-8,11-22,27,33-35,44H,3-6,9-10,23-26H2,1-2H3/t33-,34+,35?,39+,40+/m1/s1. The Morgan fingerprint density at radius 3 is 2.20 bits per heavy atom. The summed E-state index contributed by atoms with van der Waals surface area (Å²) in [5, 5.41) is 11.4. The van der Waals surface area contributed by atoms with Crippen molar-refractivity contribution in [3.05, 3.63) is 91.0 Å². The molecule has 9 nitrogen and oxygen atoms in total. The second-order valence-corrected chi connectivity index (χ2v) is 13.5. The summed E-state index contributed by atoms with van der Waals surface area (Å²) >= 11 is 0. The van der Waals surface area contributed by atoms with Gasteiger partial charge in [-0.05, 0) is 73.4 Å². The maximum atomic E-state index is 15.0. The molecule has 2 fully saturated rings. The Labute approximate surface area is 287 Å². The van der Waals surface area contributed by atoms with Gasteiger partial charge in [-0.25, -0.2) is 0 Å². The first-order valence-electron chi connectivity index (χ1n) is 17.7. The van der Waals surface area contributed by atoms with Gasteiger partial charge in [0.1, 0.15) is 17.4 Å². The first kappa shape index (κ1) is 33.0. The fourth-order valence-electron chi connectivity index (χ4n) is 8.44. The molecule has 4 heterocycles. The minimum absolute atomic E-state index is 0.121. The zero-order valence-corrected chi connectivity index (χ0v) is 28.3. The Bertz CT molecular complexity index is 1790. The lowest BCUT2D eigenvalue weighted by molar-refractivity contribution is -0.145. The number of hydrogen-bond donors (Lipinski definition) is 1. The van der Waals surface area contributed by atoms with E-state index in [-0.39, 0.29) is 24.3 Å². The van der Waals surface area contributed by atoms with Crippen molar-refractivity contribution in [1.82, 2.24) is 4.90 Å². The molecule has 2 saturated heterocycles. The monoisotopic (exact) mass is 663 g/mol. The lowest BCUT2D eigenvalue weighted by atomic mass is 9.73. The summed E-state index contributed by atoms with van der Waals surface area (Å²) in [6.07, 6.45) is 11.2. The van der Waals surface area contributed by atoms with E-state index in [9.17, 15) is 19.5 Å². The summed E-state index contributed by atoms with van der Waals surface area (Å²) in [5.74, 6) is -1.62. The van der Waals surface area contributed by atoms with Crippen LogP contribution < -0.4 is 14.5 Å². The number of aliphatic hydroxyl groups excluding tert-OH is 1. The van der Waals surface area contributed by atoms with Gasteiger partial charge in [-0.3, -0.25) is 14.4 Å². The molecule has 5 atom stereocenters. The summed E-state index contributed by atoms with van der Waals surface area (Å²) in [7, 11) is 0. The van der Waals surface area contributed by atoms with Gasteiger partial charge in [-0.1, -0.05) is 74.4 Å². The van der Waals surface area contributed by atoms with Crippen LogP contribution in [0.5, 0.6) is 5.75 Å². The molecular formula is C40H45N3O6. The van der Waals surface area contributed by atoms with Crippen LogP contribution >= 0.6 is 0 Å². The number of anilines is 2. The number of benzene rings is 3. The second kappa shape index (κ2) is 13.4. The Hall–Kier alpha value is -4.47. The topological polar surface area (TPSA) is 99.6 Å². The Balaban J connectivity index is 1.29. The zero-order chi connectivity index (χ0) is 34.2. The van der Waals surface area contributed by atoms with Crippen molar-refractivity contribution in [3.8, 4) is 5.75 Å². The molecule has 49 heavy (non-hydrogen) atoms. The van der Waals surface area contributed by atoms with Gasteiger partial charge < -0.3 is 29.3 Å². The molecule has 0 saturated carbocycles. The number of hydrogen-bond acceptors (Lipinski definition) is 6. The number of nitrogens with zero attached hydrogens (tertiary/aromatic N) is 3. The number of ether oxygens (including phenoxy) is 2. The van der Waals surface area contributed by atoms with Gasteiger partial charge in [0.15, 0.2) is 0 Å². The molecule has 1 N–H and O–H groups in total. The van der Waals surface area contributed by atoms with Crippen molar-refractivity contribution < 1.29 is 29.0 Å². The molecule has 7 rings (SSSR count). The SMILES string of the molecule is CCOc1ccc(N2CC=C[C@]3(CC)O[C@]45C=CCN(c6ccc7ccccc7c6)C(=O)C4N(CCCCCCO)C(=O)[C@@H]5[C@@H]3C2=O)cc1. The van der Waals surface area contributed by atoms with Gasteiger partial charge in [0, 0.05) is 37.6 Å². The molecule has 1 unspecified atom stereocenters. The average molecular weight is 664 g/mol. The molecule has 256 valence electrons. The lowest BCUT2D eigenvalue weighted by Crippen LogP contribution is -2.56.